The summed E-state index contributed by atoms with van der Waals surface area (Å²) in [6.45, 7) is 5.81. The molecule has 1 heterocycles. The number of benzene rings is 2. The number of fused-ring (bicyclic) bond motifs is 1. The van der Waals surface area contributed by atoms with E-state index in [1.165, 1.54) is 6.07 Å². The molecule has 8 heteroatoms. The minimum atomic E-state index is -3.63. The van der Waals surface area contributed by atoms with Crippen LogP contribution in [0.25, 0.3) is 11.0 Å². The van der Waals surface area contributed by atoms with Gasteiger partial charge in [0.2, 0.25) is 10.0 Å². The molecule has 0 unspecified atom stereocenters. The lowest BCUT2D eigenvalue weighted by molar-refractivity contribution is -0.134. The Bertz CT molecular complexity index is 1280. The maximum Gasteiger partial charge on any atom is 0.336 e. The van der Waals surface area contributed by atoms with Gasteiger partial charge >= 0.3 is 11.6 Å². The molecule has 0 saturated carbocycles. The molecule has 1 N–H and O–H groups in total. The van der Waals surface area contributed by atoms with Gasteiger partial charge in [-0.25, -0.2) is 17.9 Å². The average molecular weight is 458 g/mol. The molecule has 32 heavy (non-hydrogen) atoms. The van der Waals surface area contributed by atoms with Crippen molar-refractivity contribution in [2.24, 2.45) is 0 Å². The van der Waals surface area contributed by atoms with Crippen molar-refractivity contribution in [1.29, 1.82) is 0 Å². The molecule has 170 valence electrons. The molecule has 3 aromatic rings. The summed E-state index contributed by atoms with van der Waals surface area (Å²) in [5.74, 6) is -0.141. The van der Waals surface area contributed by atoms with E-state index in [9.17, 15) is 18.0 Å². The lowest BCUT2D eigenvalue weighted by atomic mass is 10.0. The Kier molecular flexibility index (Phi) is 7.48. The first kappa shape index (κ1) is 23.7. The molecular weight excluding hydrogens is 430 g/mol. The van der Waals surface area contributed by atoms with Crippen molar-refractivity contribution < 1.29 is 22.4 Å². The van der Waals surface area contributed by atoms with Gasteiger partial charge in [-0.2, -0.15) is 0 Å². The maximum atomic E-state index is 12.4. The number of esters is 1. The van der Waals surface area contributed by atoms with Gasteiger partial charge in [0.15, 0.2) is 0 Å². The summed E-state index contributed by atoms with van der Waals surface area (Å²) in [5.41, 5.74) is 2.48. The van der Waals surface area contributed by atoms with Crippen LogP contribution in [0.15, 0.2) is 56.6 Å². The van der Waals surface area contributed by atoms with Crippen molar-refractivity contribution in [1.82, 2.24) is 4.72 Å². The minimum Gasteiger partial charge on any atom is -0.426 e. The van der Waals surface area contributed by atoms with Crippen LogP contribution >= 0.6 is 0 Å². The van der Waals surface area contributed by atoms with Gasteiger partial charge in [0, 0.05) is 19.0 Å². The molecule has 0 fully saturated rings. The van der Waals surface area contributed by atoms with E-state index in [0.717, 1.165) is 23.1 Å². The number of rotatable bonds is 9. The molecule has 0 aliphatic heterocycles. The average Bonchev–Trinajstić information content (AvgIpc) is 2.71. The van der Waals surface area contributed by atoms with Crippen molar-refractivity contribution in [3.63, 3.8) is 0 Å². The van der Waals surface area contributed by atoms with E-state index < -0.39 is 21.6 Å². The van der Waals surface area contributed by atoms with E-state index in [1.54, 1.807) is 36.4 Å². The first-order valence-corrected chi connectivity index (χ1v) is 12.0. The fraction of sp³-hybridized carbons (Fsp3) is 0.333. The Hall–Kier alpha value is -2.97. The third-order valence-electron chi connectivity index (χ3n) is 4.96. The van der Waals surface area contributed by atoms with Crippen LogP contribution in [0.5, 0.6) is 5.75 Å². The van der Waals surface area contributed by atoms with Crippen LogP contribution < -0.4 is 15.1 Å². The van der Waals surface area contributed by atoms with Crippen molar-refractivity contribution >= 4 is 27.0 Å². The molecule has 0 aliphatic rings. The number of hydrogen-bond acceptors (Lipinski definition) is 6. The SMILES string of the molecule is CCCc1cc(=O)oc2cc(C)cc(OC(=O)CCCNS(=O)(=O)c3ccc(C)cc3)c12. The molecule has 0 radical (unpaired) electrons. The van der Waals surface area contributed by atoms with Gasteiger partial charge in [-0.15, -0.1) is 0 Å². The standard InChI is InChI=1S/C24H27NO6S/c1-4-6-18-15-23(27)31-21-14-17(3)13-20(24(18)21)30-22(26)7-5-12-25-32(28,29)19-10-8-16(2)9-11-19/h8-11,13-15,25H,4-7,12H2,1-3H3. The quantitative estimate of drug-likeness (QED) is 0.225. The van der Waals surface area contributed by atoms with Crippen LogP contribution in [0, 0.1) is 13.8 Å². The number of nitrogens with one attached hydrogen (secondary N) is 1. The van der Waals surface area contributed by atoms with Crippen LogP contribution in [0.3, 0.4) is 0 Å². The summed E-state index contributed by atoms with van der Waals surface area (Å²) in [5, 5.41) is 0.616. The number of aryl methyl sites for hydroxylation is 3. The summed E-state index contributed by atoms with van der Waals surface area (Å²) in [6, 6.07) is 11.5. The Morgan fingerprint density at radius 1 is 1.06 bits per heavy atom. The Labute approximate surface area is 187 Å². The molecule has 7 nitrogen and oxygen atoms in total. The maximum absolute atomic E-state index is 12.4. The van der Waals surface area contributed by atoms with E-state index in [0.29, 0.717) is 23.1 Å². The molecular formula is C24H27NO6S. The topological polar surface area (TPSA) is 103 Å². The smallest absolute Gasteiger partial charge is 0.336 e. The van der Waals surface area contributed by atoms with Crippen molar-refractivity contribution in [3.05, 3.63) is 69.6 Å². The summed E-state index contributed by atoms with van der Waals surface area (Å²) in [4.78, 5) is 24.5. The number of sulfonamides is 1. The van der Waals surface area contributed by atoms with Crippen molar-refractivity contribution in [2.75, 3.05) is 6.54 Å². The molecule has 1 aromatic heterocycles. The number of hydrogen-bond donors (Lipinski definition) is 1. The van der Waals surface area contributed by atoms with E-state index in [4.69, 9.17) is 9.15 Å². The summed E-state index contributed by atoms with van der Waals surface area (Å²) < 4.78 is 38.1. The number of ether oxygens (including phenoxy) is 1. The fourth-order valence-corrected chi connectivity index (χ4v) is 4.51. The van der Waals surface area contributed by atoms with Crippen LogP contribution in [-0.2, 0) is 21.2 Å². The minimum absolute atomic E-state index is 0.0335. The van der Waals surface area contributed by atoms with Gasteiger partial charge < -0.3 is 9.15 Å². The van der Waals surface area contributed by atoms with Crippen molar-refractivity contribution in [3.8, 4) is 5.75 Å². The Balaban J connectivity index is 1.66. The van der Waals surface area contributed by atoms with E-state index in [1.807, 2.05) is 20.8 Å². The van der Waals surface area contributed by atoms with Gasteiger partial charge in [-0.1, -0.05) is 31.0 Å². The van der Waals surface area contributed by atoms with Gasteiger partial charge in [-0.05, 0) is 62.1 Å². The van der Waals surface area contributed by atoms with Gasteiger partial charge in [0.25, 0.3) is 0 Å². The molecule has 0 bridgehead atoms. The number of carbonyl (C=O) groups excluding carboxylic acids is 1. The second-order valence-corrected chi connectivity index (χ2v) is 9.53. The second-order valence-electron chi connectivity index (χ2n) is 7.77. The highest BCUT2D eigenvalue weighted by atomic mass is 32.2. The van der Waals surface area contributed by atoms with Crippen LogP contribution in [0.1, 0.15) is 42.9 Å². The Morgan fingerprint density at radius 2 is 1.78 bits per heavy atom. The van der Waals surface area contributed by atoms with Crippen LogP contribution in [0.2, 0.25) is 0 Å². The van der Waals surface area contributed by atoms with E-state index in [-0.39, 0.29) is 24.3 Å². The molecule has 3 rings (SSSR count). The highest BCUT2D eigenvalue weighted by Gasteiger charge is 2.16. The first-order chi connectivity index (χ1) is 15.2. The molecule has 2 aromatic carbocycles. The monoisotopic (exact) mass is 457 g/mol. The molecule has 0 spiro atoms. The van der Waals surface area contributed by atoms with E-state index >= 15 is 0 Å². The molecule has 0 aliphatic carbocycles. The summed E-state index contributed by atoms with van der Waals surface area (Å²) in [7, 11) is -3.63. The van der Waals surface area contributed by atoms with Crippen LogP contribution in [-0.4, -0.2) is 20.9 Å². The summed E-state index contributed by atoms with van der Waals surface area (Å²) in [6.07, 6.45) is 1.79. The molecule has 0 atom stereocenters. The highest BCUT2D eigenvalue weighted by Crippen LogP contribution is 2.31. The zero-order valence-corrected chi connectivity index (χ0v) is 19.3. The predicted molar refractivity (Wildman–Crippen MR) is 122 cm³/mol. The predicted octanol–water partition coefficient (Wildman–Crippen LogP) is 4.03. The third-order valence-corrected chi connectivity index (χ3v) is 6.44. The first-order valence-electron chi connectivity index (χ1n) is 10.5. The molecule has 0 amide bonds. The van der Waals surface area contributed by atoms with Crippen LogP contribution in [0.4, 0.5) is 0 Å². The zero-order chi connectivity index (χ0) is 23.3. The normalized spacial score (nSPS) is 11.6. The number of carbonyl (C=O) groups is 1. The van der Waals surface area contributed by atoms with Gasteiger partial charge in [0.05, 0.1) is 10.3 Å². The third kappa shape index (κ3) is 5.83. The largest absolute Gasteiger partial charge is 0.426 e. The second kappa shape index (κ2) is 10.1. The summed E-state index contributed by atoms with van der Waals surface area (Å²) >= 11 is 0. The van der Waals surface area contributed by atoms with E-state index in [2.05, 4.69) is 4.72 Å². The zero-order valence-electron chi connectivity index (χ0n) is 18.4. The fourth-order valence-electron chi connectivity index (χ4n) is 3.43. The van der Waals surface area contributed by atoms with Crippen molar-refractivity contribution in [2.45, 2.75) is 51.3 Å². The van der Waals surface area contributed by atoms with Gasteiger partial charge in [0.1, 0.15) is 11.3 Å². The highest BCUT2D eigenvalue weighted by molar-refractivity contribution is 7.89. The Morgan fingerprint density at radius 3 is 2.47 bits per heavy atom. The lowest BCUT2D eigenvalue weighted by Gasteiger charge is -2.12. The molecule has 0 saturated heterocycles. The lowest BCUT2D eigenvalue weighted by Crippen LogP contribution is -2.25. The van der Waals surface area contributed by atoms with Gasteiger partial charge in [-0.3, -0.25) is 4.79 Å².